The molecule has 2 aliphatic carbocycles. The van der Waals surface area contributed by atoms with Crippen molar-refractivity contribution in [1.29, 1.82) is 0 Å². The van der Waals surface area contributed by atoms with Crippen LogP contribution in [0.2, 0.25) is 5.02 Å². The Balaban J connectivity index is 1.47. The summed E-state index contributed by atoms with van der Waals surface area (Å²) in [5.41, 5.74) is 0.572. The van der Waals surface area contributed by atoms with Crippen LogP contribution in [-0.4, -0.2) is 71.5 Å². The Bertz CT molecular complexity index is 1400. The second-order valence-corrected chi connectivity index (χ2v) is 12.8. The van der Waals surface area contributed by atoms with Crippen molar-refractivity contribution < 1.29 is 29.6 Å². The molecule has 6 rings (SSSR count). The van der Waals surface area contributed by atoms with E-state index in [1.54, 1.807) is 37.4 Å². The molecule has 2 aromatic carbocycles. The molecule has 218 valence electrons. The number of hydrogen-bond donors (Lipinski definition) is 3. The van der Waals surface area contributed by atoms with Crippen molar-refractivity contribution in [1.82, 2.24) is 4.90 Å². The van der Waals surface area contributed by atoms with E-state index < -0.39 is 30.0 Å². The molecule has 0 unspecified atom stereocenters. The lowest BCUT2D eigenvalue weighted by Gasteiger charge is -2.45. The van der Waals surface area contributed by atoms with Crippen molar-refractivity contribution >= 4 is 29.2 Å². The number of benzene rings is 2. The van der Waals surface area contributed by atoms with Crippen LogP contribution in [0.5, 0.6) is 5.75 Å². The molecule has 1 fully saturated rings. The lowest BCUT2D eigenvalue weighted by Crippen LogP contribution is -2.49. The Hall–Kier alpha value is -3.07. The van der Waals surface area contributed by atoms with Gasteiger partial charge in [-0.15, -0.1) is 0 Å². The molecular formula is C32H37ClN2O6. The number of ether oxygens (including phenoxy) is 1. The highest BCUT2D eigenvalue weighted by atomic mass is 35.5. The second kappa shape index (κ2) is 10.6. The number of aliphatic carboxylic acids is 1. The maximum absolute atomic E-state index is 13.0. The summed E-state index contributed by atoms with van der Waals surface area (Å²) in [6.07, 6.45) is 6.99. The Kier molecular flexibility index (Phi) is 7.29. The van der Waals surface area contributed by atoms with E-state index in [1.165, 1.54) is 16.0 Å². The number of aryl methyl sites for hydroxylation is 1. The SMILES string of the molecule is CN1C/C=C\[C@H](O)[C@@H]2CC[C@H]2CN2C[C@@]3(CCCc4cc(Cl)ccc43)COc3ccc(cc32)[C@@](O)(C(=O)O)CC1=O. The van der Waals surface area contributed by atoms with Gasteiger partial charge >= 0.3 is 5.97 Å². The van der Waals surface area contributed by atoms with Gasteiger partial charge in [0.1, 0.15) is 5.75 Å². The molecule has 0 aromatic heterocycles. The van der Waals surface area contributed by atoms with Crippen LogP contribution in [0.1, 0.15) is 48.8 Å². The quantitative estimate of drug-likeness (QED) is 0.439. The van der Waals surface area contributed by atoms with E-state index in [-0.39, 0.29) is 29.4 Å². The molecule has 1 spiro atoms. The average molecular weight is 581 g/mol. The topological polar surface area (TPSA) is 111 Å². The van der Waals surface area contributed by atoms with Crippen LogP contribution in [0.25, 0.3) is 0 Å². The highest BCUT2D eigenvalue weighted by Gasteiger charge is 2.46. The molecule has 8 nitrogen and oxygen atoms in total. The lowest BCUT2D eigenvalue weighted by atomic mass is 9.68. The summed E-state index contributed by atoms with van der Waals surface area (Å²) in [6, 6.07) is 11.0. The summed E-state index contributed by atoms with van der Waals surface area (Å²) in [5.74, 6) is -1.08. The highest BCUT2D eigenvalue weighted by molar-refractivity contribution is 6.30. The first-order chi connectivity index (χ1) is 19.6. The van der Waals surface area contributed by atoms with Gasteiger partial charge in [0.2, 0.25) is 5.91 Å². The average Bonchev–Trinajstić information content (AvgIpc) is 3.07. The number of likely N-dealkylation sites (N-methyl/N-ethyl adjacent to an activating group) is 1. The highest BCUT2D eigenvalue weighted by Crippen LogP contribution is 2.47. The number of carboxylic acid groups (broad SMARTS) is 1. The van der Waals surface area contributed by atoms with Crippen molar-refractivity contribution in [3.8, 4) is 5.75 Å². The third-order valence-corrected chi connectivity index (χ3v) is 10.0. The van der Waals surface area contributed by atoms with Gasteiger partial charge in [-0.25, -0.2) is 4.79 Å². The molecule has 2 aromatic rings. The molecule has 2 aliphatic heterocycles. The van der Waals surface area contributed by atoms with Crippen LogP contribution >= 0.6 is 11.6 Å². The van der Waals surface area contributed by atoms with Crippen LogP contribution < -0.4 is 9.64 Å². The number of rotatable bonds is 1. The largest absolute Gasteiger partial charge is 0.490 e. The zero-order valence-corrected chi connectivity index (χ0v) is 24.0. The summed E-state index contributed by atoms with van der Waals surface area (Å²) >= 11 is 6.37. The number of anilines is 1. The normalized spacial score (nSPS) is 32.4. The van der Waals surface area contributed by atoms with E-state index in [9.17, 15) is 24.9 Å². The third-order valence-electron chi connectivity index (χ3n) is 9.78. The van der Waals surface area contributed by atoms with Gasteiger partial charge < -0.3 is 29.9 Å². The van der Waals surface area contributed by atoms with Crippen LogP contribution in [0.4, 0.5) is 5.69 Å². The molecule has 4 aliphatic rings. The zero-order chi connectivity index (χ0) is 28.9. The fourth-order valence-corrected chi connectivity index (χ4v) is 7.38. The minimum atomic E-state index is -2.41. The fraction of sp³-hybridized carbons (Fsp3) is 0.500. The minimum Gasteiger partial charge on any atom is -0.490 e. The van der Waals surface area contributed by atoms with Gasteiger partial charge in [-0.1, -0.05) is 35.9 Å². The Morgan fingerprint density at radius 2 is 2.00 bits per heavy atom. The number of aliphatic hydroxyl groups excluding tert-OH is 1. The Labute approximate surface area is 245 Å². The number of fused-ring (bicyclic) bond motifs is 4. The van der Waals surface area contributed by atoms with E-state index in [1.807, 2.05) is 12.1 Å². The van der Waals surface area contributed by atoms with Gasteiger partial charge in [0.25, 0.3) is 0 Å². The monoisotopic (exact) mass is 580 g/mol. The number of halogens is 1. The summed E-state index contributed by atoms with van der Waals surface area (Å²) < 4.78 is 6.51. The van der Waals surface area contributed by atoms with Gasteiger partial charge in [-0.2, -0.15) is 0 Å². The van der Waals surface area contributed by atoms with Crippen LogP contribution in [0, 0.1) is 11.8 Å². The second-order valence-electron chi connectivity index (χ2n) is 12.3. The number of aliphatic hydroxyl groups is 2. The Morgan fingerprint density at radius 3 is 2.76 bits per heavy atom. The van der Waals surface area contributed by atoms with E-state index >= 15 is 0 Å². The van der Waals surface area contributed by atoms with Crippen molar-refractivity contribution in [2.45, 2.75) is 55.6 Å². The van der Waals surface area contributed by atoms with Gasteiger partial charge in [-0.3, -0.25) is 4.79 Å². The van der Waals surface area contributed by atoms with Gasteiger partial charge in [-0.05, 0) is 84.9 Å². The fourth-order valence-electron chi connectivity index (χ4n) is 7.18. The van der Waals surface area contributed by atoms with Crippen LogP contribution in [-0.2, 0) is 27.0 Å². The van der Waals surface area contributed by atoms with Gasteiger partial charge in [0.15, 0.2) is 5.60 Å². The molecule has 1 amide bonds. The molecule has 2 bridgehead atoms. The molecule has 0 saturated heterocycles. The number of hydrogen-bond acceptors (Lipinski definition) is 6. The molecule has 9 heteroatoms. The molecule has 2 heterocycles. The van der Waals surface area contributed by atoms with Crippen molar-refractivity contribution in [2.75, 3.05) is 38.2 Å². The first kappa shape index (κ1) is 28.1. The smallest absolute Gasteiger partial charge is 0.340 e. The first-order valence-electron chi connectivity index (χ1n) is 14.5. The molecule has 0 radical (unpaired) electrons. The number of amides is 1. The predicted octanol–water partition coefficient (Wildman–Crippen LogP) is 3.89. The molecular weight excluding hydrogens is 544 g/mol. The predicted molar refractivity (Wildman–Crippen MR) is 155 cm³/mol. The third kappa shape index (κ3) is 5.00. The summed E-state index contributed by atoms with van der Waals surface area (Å²) in [5, 5.41) is 33.4. The lowest BCUT2D eigenvalue weighted by molar-refractivity contribution is -0.164. The molecule has 3 N–H and O–H groups in total. The summed E-state index contributed by atoms with van der Waals surface area (Å²) in [7, 11) is 1.56. The number of carboxylic acids is 1. The minimum absolute atomic E-state index is 0.0811. The molecule has 5 atom stereocenters. The number of carbonyl (C=O) groups excluding carboxylic acids is 1. The summed E-state index contributed by atoms with van der Waals surface area (Å²) in [4.78, 5) is 29.1. The zero-order valence-electron chi connectivity index (χ0n) is 23.3. The van der Waals surface area contributed by atoms with E-state index in [4.69, 9.17) is 16.3 Å². The van der Waals surface area contributed by atoms with Crippen molar-refractivity contribution in [3.63, 3.8) is 0 Å². The van der Waals surface area contributed by atoms with E-state index in [2.05, 4.69) is 11.0 Å². The van der Waals surface area contributed by atoms with Crippen LogP contribution in [0.3, 0.4) is 0 Å². The summed E-state index contributed by atoms with van der Waals surface area (Å²) in [6.45, 7) is 1.96. The molecule has 1 saturated carbocycles. The van der Waals surface area contributed by atoms with Crippen molar-refractivity contribution in [2.24, 2.45) is 11.8 Å². The van der Waals surface area contributed by atoms with Gasteiger partial charge in [0, 0.05) is 37.1 Å². The maximum Gasteiger partial charge on any atom is 0.340 e. The van der Waals surface area contributed by atoms with E-state index in [0.29, 0.717) is 36.2 Å². The van der Waals surface area contributed by atoms with Gasteiger partial charge in [0.05, 0.1) is 24.8 Å². The van der Waals surface area contributed by atoms with Crippen LogP contribution in [0.15, 0.2) is 48.6 Å². The Morgan fingerprint density at radius 1 is 1.17 bits per heavy atom. The first-order valence-corrected chi connectivity index (χ1v) is 14.8. The van der Waals surface area contributed by atoms with E-state index in [0.717, 1.165) is 32.1 Å². The number of carbonyl (C=O) groups is 2. The molecule has 41 heavy (non-hydrogen) atoms. The number of nitrogens with zero attached hydrogens (tertiary/aromatic N) is 2. The van der Waals surface area contributed by atoms with Crippen molar-refractivity contribution in [3.05, 3.63) is 70.3 Å². The maximum atomic E-state index is 13.0. The standard InChI is InChI=1S/C32H37ClN2O6/c1-34-13-3-5-27(36)24-9-6-21(24)17-35-18-31(12-2-4-20-14-23(33)8-10-25(20)31)19-41-28-11-7-22(15-26(28)35)32(40,30(38)39)16-29(34)37/h3,5,7-8,10-11,14-15,21,24,27,36,40H,2,4,6,9,12-13,16-19H2,1H3,(H,38,39)/b5-3-/t21-,24+,27-,31-,32+/m0/s1.